The van der Waals surface area contributed by atoms with Gasteiger partial charge in [-0.25, -0.2) is 0 Å². The van der Waals surface area contributed by atoms with Crippen molar-refractivity contribution < 1.29 is 9.47 Å². The lowest BCUT2D eigenvalue weighted by molar-refractivity contribution is -0.139. The summed E-state index contributed by atoms with van der Waals surface area (Å²) >= 11 is 0. The molecule has 0 radical (unpaired) electrons. The molecule has 0 aromatic heterocycles. The first-order valence-electron chi connectivity index (χ1n) is 5.23. The van der Waals surface area contributed by atoms with Gasteiger partial charge in [-0.1, -0.05) is 36.5 Å². The third kappa shape index (κ3) is 1.72. The van der Waals surface area contributed by atoms with Crippen molar-refractivity contribution in [3.63, 3.8) is 0 Å². The number of hydrogen-bond donors (Lipinski definition) is 0. The van der Waals surface area contributed by atoms with Gasteiger partial charge in [-0.15, -0.1) is 0 Å². The van der Waals surface area contributed by atoms with Gasteiger partial charge in [-0.3, -0.25) is 0 Å². The number of allylic oxidation sites excluding steroid dienone is 2. The molecule has 1 saturated heterocycles. The molecule has 1 aliphatic heterocycles. The van der Waals surface area contributed by atoms with Crippen LogP contribution in [0.15, 0.2) is 23.4 Å². The lowest BCUT2D eigenvalue weighted by Gasteiger charge is -2.23. The van der Waals surface area contributed by atoms with Crippen molar-refractivity contribution in [3.8, 4) is 0 Å². The lowest BCUT2D eigenvalue weighted by Crippen LogP contribution is -2.31. The molecule has 0 aromatic rings. The molecule has 1 fully saturated rings. The fourth-order valence-corrected chi connectivity index (χ4v) is 3.49. The van der Waals surface area contributed by atoms with Crippen LogP contribution in [0.1, 0.15) is 13.8 Å². The minimum absolute atomic E-state index is 0.139. The van der Waals surface area contributed by atoms with Gasteiger partial charge in [-0.2, -0.15) is 0 Å². The summed E-state index contributed by atoms with van der Waals surface area (Å²) in [7, 11) is -0.779. The second-order valence-corrected chi connectivity index (χ2v) is 7.70. The Labute approximate surface area is 87.2 Å². The number of ether oxygens (including phenoxy) is 2. The van der Waals surface area contributed by atoms with E-state index in [1.165, 1.54) is 5.20 Å². The van der Waals surface area contributed by atoms with E-state index in [1.807, 2.05) is 13.8 Å². The summed E-state index contributed by atoms with van der Waals surface area (Å²) in [6.45, 7) is 8.63. The molecule has 0 bridgehead atoms. The summed E-state index contributed by atoms with van der Waals surface area (Å²) in [4.78, 5) is 0. The van der Waals surface area contributed by atoms with Crippen molar-refractivity contribution in [3.05, 3.63) is 23.4 Å². The monoisotopic (exact) mass is 210 g/mol. The SMILES string of the molecule is C[SiH](C)C1=CC=C[C@@H]2OC(C)(C)O[C@H]12. The minimum Gasteiger partial charge on any atom is -0.340 e. The van der Waals surface area contributed by atoms with Gasteiger partial charge < -0.3 is 9.47 Å². The molecule has 78 valence electrons. The van der Waals surface area contributed by atoms with Crippen LogP contribution in [0.2, 0.25) is 13.1 Å². The molecule has 0 aromatic carbocycles. The van der Waals surface area contributed by atoms with Gasteiger partial charge in [-0.05, 0) is 13.8 Å². The molecular formula is C11H18O2Si. The van der Waals surface area contributed by atoms with E-state index in [2.05, 4.69) is 31.3 Å². The van der Waals surface area contributed by atoms with Gasteiger partial charge >= 0.3 is 0 Å². The second-order valence-electron chi connectivity index (χ2n) is 4.73. The van der Waals surface area contributed by atoms with E-state index in [0.29, 0.717) is 0 Å². The quantitative estimate of drug-likeness (QED) is 0.617. The van der Waals surface area contributed by atoms with Crippen LogP contribution in [0.4, 0.5) is 0 Å². The van der Waals surface area contributed by atoms with E-state index in [9.17, 15) is 0 Å². The molecule has 2 aliphatic rings. The summed E-state index contributed by atoms with van der Waals surface area (Å²) in [5.74, 6) is -0.424. The van der Waals surface area contributed by atoms with Crippen LogP contribution in [-0.2, 0) is 9.47 Å². The Balaban J connectivity index is 2.24. The zero-order valence-corrected chi connectivity index (χ0v) is 10.4. The van der Waals surface area contributed by atoms with E-state index in [-0.39, 0.29) is 12.2 Å². The summed E-state index contributed by atoms with van der Waals surface area (Å²) in [5.41, 5.74) is 0. The van der Waals surface area contributed by atoms with Crippen LogP contribution in [0.5, 0.6) is 0 Å². The molecular weight excluding hydrogens is 192 g/mol. The predicted molar refractivity (Wildman–Crippen MR) is 59.9 cm³/mol. The summed E-state index contributed by atoms with van der Waals surface area (Å²) in [5, 5.41) is 1.48. The first-order chi connectivity index (χ1) is 6.49. The highest BCUT2D eigenvalue weighted by Gasteiger charge is 2.42. The maximum atomic E-state index is 5.92. The predicted octanol–water partition coefficient (Wildman–Crippen LogP) is 2.03. The van der Waals surface area contributed by atoms with Crippen molar-refractivity contribution in [2.45, 2.75) is 44.9 Å². The molecule has 2 atom stereocenters. The van der Waals surface area contributed by atoms with Crippen LogP contribution in [-0.4, -0.2) is 26.8 Å². The second kappa shape index (κ2) is 3.33. The lowest BCUT2D eigenvalue weighted by atomic mass is 10.1. The van der Waals surface area contributed by atoms with Gasteiger partial charge in [0.05, 0.1) is 8.80 Å². The Morgan fingerprint density at radius 1 is 1.29 bits per heavy atom. The third-order valence-corrected chi connectivity index (χ3v) is 4.57. The van der Waals surface area contributed by atoms with Gasteiger partial charge in [0.1, 0.15) is 12.2 Å². The fourth-order valence-electron chi connectivity index (χ4n) is 2.08. The molecule has 2 rings (SSSR count). The number of fused-ring (bicyclic) bond motifs is 1. The van der Waals surface area contributed by atoms with E-state index in [4.69, 9.17) is 9.47 Å². The average Bonchev–Trinajstić information content (AvgIpc) is 2.36. The molecule has 3 heteroatoms. The Morgan fingerprint density at radius 3 is 2.64 bits per heavy atom. The topological polar surface area (TPSA) is 18.5 Å². The van der Waals surface area contributed by atoms with Crippen LogP contribution in [0, 0.1) is 0 Å². The zero-order valence-electron chi connectivity index (χ0n) is 9.28. The normalized spacial score (nSPS) is 34.5. The minimum atomic E-state index is -0.779. The van der Waals surface area contributed by atoms with Crippen LogP contribution < -0.4 is 0 Å². The van der Waals surface area contributed by atoms with Gasteiger partial charge in [0, 0.05) is 0 Å². The summed E-state index contributed by atoms with van der Waals surface area (Å²) in [6.07, 6.45) is 6.73. The smallest absolute Gasteiger partial charge is 0.164 e. The van der Waals surface area contributed by atoms with Crippen molar-refractivity contribution in [2.75, 3.05) is 0 Å². The molecule has 0 amide bonds. The zero-order chi connectivity index (χ0) is 10.3. The number of hydrogen-bond acceptors (Lipinski definition) is 2. The third-order valence-electron chi connectivity index (χ3n) is 2.71. The van der Waals surface area contributed by atoms with Crippen LogP contribution in [0.25, 0.3) is 0 Å². The summed E-state index contributed by atoms with van der Waals surface area (Å²) < 4.78 is 11.7. The first-order valence-corrected chi connectivity index (χ1v) is 8.12. The molecule has 14 heavy (non-hydrogen) atoms. The highest BCUT2D eigenvalue weighted by Crippen LogP contribution is 2.35. The Bertz CT molecular complexity index is 292. The Morgan fingerprint density at radius 2 is 2.00 bits per heavy atom. The van der Waals surface area contributed by atoms with Crippen molar-refractivity contribution in [1.29, 1.82) is 0 Å². The average molecular weight is 210 g/mol. The first kappa shape index (κ1) is 10.1. The van der Waals surface area contributed by atoms with Crippen LogP contribution >= 0.6 is 0 Å². The van der Waals surface area contributed by atoms with E-state index < -0.39 is 14.6 Å². The standard InChI is InChI=1S/C11H18O2Si/c1-11(2)12-8-6-5-7-9(14(3)4)10(8)13-11/h5-8,10,14H,1-4H3/t8-,10-/m0/s1. The molecule has 0 saturated carbocycles. The molecule has 2 nitrogen and oxygen atoms in total. The fraction of sp³-hybridized carbons (Fsp3) is 0.636. The molecule has 1 aliphatic carbocycles. The largest absolute Gasteiger partial charge is 0.340 e. The summed E-state index contributed by atoms with van der Waals surface area (Å²) in [6, 6.07) is 0. The van der Waals surface area contributed by atoms with E-state index >= 15 is 0 Å². The maximum Gasteiger partial charge on any atom is 0.164 e. The Kier molecular flexibility index (Phi) is 2.41. The molecule has 0 N–H and O–H groups in total. The number of rotatable bonds is 1. The van der Waals surface area contributed by atoms with Gasteiger partial charge in [0.15, 0.2) is 5.79 Å². The maximum absolute atomic E-state index is 5.92. The van der Waals surface area contributed by atoms with Crippen LogP contribution in [0.3, 0.4) is 0 Å². The van der Waals surface area contributed by atoms with Gasteiger partial charge in [0.25, 0.3) is 0 Å². The van der Waals surface area contributed by atoms with Crippen molar-refractivity contribution in [2.24, 2.45) is 0 Å². The highest BCUT2D eigenvalue weighted by atomic mass is 28.3. The van der Waals surface area contributed by atoms with Crippen molar-refractivity contribution in [1.82, 2.24) is 0 Å². The Hall–Kier alpha value is -0.383. The highest BCUT2D eigenvalue weighted by molar-refractivity contribution is 6.64. The molecule has 0 spiro atoms. The van der Waals surface area contributed by atoms with E-state index in [1.54, 1.807) is 0 Å². The van der Waals surface area contributed by atoms with Gasteiger partial charge in [0.2, 0.25) is 0 Å². The van der Waals surface area contributed by atoms with E-state index in [0.717, 1.165) is 0 Å². The molecule has 0 unspecified atom stereocenters. The molecule has 1 heterocycles. The van der Waals surface area contributed by atoms with Crippen molar-refractivity contribution >= 4 is 8.80 Å².